The molecule has 20 heavy (non-hydrogen) atoms. The fourth-order valence-corrected chi connectivity index (χ4v) is 2.72. The number of hydrogen-bond acceptors (Lipinski definition) is 4. The predicted octanol–water partition coefficient (Wildman–Crippen LogP) is 3.17. The zero-order chi connectivity index (χ0) is 15.0. The number of benzene rings is 1. The number of carbonyl (C=O) groups is 2. The van der Waals surface area contributed by atoms with Gasteiger partial charge in [-0.2, -0.15) is 0 Å². The molecule has 0 bridgehead atoms. The number of aliphatic hydroxyl groups excluding tert-OH is 1. The minimum Gasteiger partial charge on any atom is -0.506 e. The van der Waals surface area contributed by atoms with Crippen molar-refractivity contribution >= 4 is 29.1 Å². The maximum absolute atomic E-state index is 12.3. The highest BCUT2D eigenvalue weighted by Gasteiger charge is 2.37. The van der Waals surface area contributed by atoms with Gasteiger partial charge in [0.2, 0.25) is 0 Å². The molecule has 4 nitrogen and oxygen atoms in total. The number of halogens is 1. The van der Waals surface area contributed by atoms with Crippen molar-refractivity contribution in [2.75, 3.05) is 6.61 Å². The third-order valence-corrected chi connectivity index (χ3v) is 3.61. The fourth-order valence-electron chi connectivity index (χ4n) is 2.43. The van der Waals surface area contributed by atoms with Crippen LogP contribution in [0, 0.1) is 6.92 Å². The first-order valence-electron chi connectivity index (χ1n) is 6.33. The van der Waals surface area contributed by atoms with E-state index in [0.717, 1.165) is 0 Å². The van der Waals surface area contributed by atoms with Crippen molar-refractivity contribution in [2.45, 2.75) is 26.7 Å². The molecule has 1 N–H and O–H groups in total. The van der Waals surface area contributed by atoms with E-state index in [1.807, 2.05) is 0 Å². The van der Waals surface area contributed by atoms with Crippen LogP contribution in [0.5, 0.6) is 0 Å². The molecule has 0 spiro atoms. The maximum Gasteiger partial charge on any atom is 0.345 e. The summed E-state index contributed by atoms with van der Waals surface area (Å²) in [6.45, 7) is 5.24. The lowest BCUT2D eigenvalue weighted by atomic mass is 9.80. The minimum atomic E-state index is -0.790. The first-order valence-corrected chi connectivity index (χ1v) is 6.71. The average molecular weight is 295 g/mol. The number of ether oxygens (including phenoxy) is 1. The summed E-state index contributed by atoms with van der Waals surface area (Å²) in [5.41, 5.74) is 1.55. The lowest BCUT2D eigenvalue weighted by molar-refractivity contribution is -0.140. The van der Waals surface area contributed by atoms with Crippen molar-refractivity contribution in [3.8, 4) is 0 Å². The van der Waals surface area contributed by atoms with Crippen LogP contribution in [0.15, 0.2) is 17.7 Å². The topological polar surface area (TPSA) is 63.6 Å². The van der Waals surface area contributed by atoms with E-state index in [1.54, 1.807) is 32.9 Å². The van der Waals surface area contributed by atoms with Gasteiger partial charge in [0, 0.05) is 16.5 Å². The van der Waals surface area contributed by atoms with Gasteiger partial charge in [-0.1, -0.05) is 18.5 Å². The highest BCUT2D eigenvalue weighted by molar-refractivity contribution is 6.31. The van der Waals surface area contributed by atoms with E-state index in [1.165, 1.54) is 0 Å². The Kier molecular flexibility index (Phi) is 3.86. The molecule has 0 fully saturated rings. The molecule has 0 aromatic heterocycles. The van der Waals surface area contributed by atoms with Gasteiger partial charge in [-0.15, -0.1) is 0 Å². The van der Waals surface area contributed by atoms with E-state index in [4.69, 9.17) is 16.3 Å². The average Bonchev–Trinajstić information content (AvgIpc) is 2.35. The summed E-state index contributed by atoms with van der Waals surface area (Å²) < 4.78 is 4.85. The van der Waals surface area contributed by atoms with E-state index in [9.17, 15) is 14.7 Å². The SMILES string of the molecule is CCOC(=O)C1=C(O)c2c(C)cc(Cl)cc2C(C)C1=O. The number of esters is 1. The maximum atomic E-state index is 12.3. The second-order valence-electron chi connectivity index (χ2n) is 4.72. The van der Waals surface area contributed by atoms with Gasteiger partial charge in [-0.3, -0.25) is 4.79 Å². The van der Waals surface area contributed by atoms with Gasteiger partial charge in [0.05, 0.1) is 6.61 Å². The number of hydrogen-bond donors (Lipinski definition) is 1. The molecular weight excluding hydrogens is 280 g/mol. The predicted molar refractivity (Wildman–Crippen MR) is 75.8 cm³/mol. The minimum absolute atomic E-state index is 0.143. The third-order valence-electron chi connectivity index (χ3n) is 3.39. The molecule has 1 unspecified atom stereocenters. The van der Waals surface area contributed by atoms with Crippen molar-refractivity contribution < 1.29 is 19.4 Å². The molecule has 0 aliphatic heterocycles. The van der Waals surface area contributed by atoms with Crippen LogP contribution in [0.2, 0.25) is 5.02 Å². The molecule has 1 atom stereocenters. The van der Waals surface area contributed by atoms with Gasteiger partial charge in [0.15, 0.2) is 5.78 Å². The summed E-state index contributed by atoms with van der Waals surface area (Å²) in [5.74, 6) is -2.11. The zero-order valence-corrected chi connectivity index (χ0v) is 12.2. The summed E-state index contributed by atoms with van der Waals surface area (Å²) in [6.07, 6.45) is 0. The standard InChI is InChI=1S/C15H15ClO4/c1-4-20-15(19)12-13(17)8(3)10-6-9(16)5-7(2)11(10)14(12)18/h5-6,8,18H,4H2,1-3H3. The summed E-state index contributed by atoms with van der Waals surface area (Å²) in [7, 11) is 0. The van der Waals surface area contributed by atoms with Gasteiger partial charge >= 0.3 is 5.97 Å². The van der Waals surface area contributed by atoms with E-state index in [0.29, 0.717) is 21.7 Å². The Balaban J connectivity index is 2.70. The lowest BCUT2D eigenvalue weighted by Crippen LogP contribution is -2.27. The van der Waals surface area contributed by atoms with Crippen molar-refractivity contribution in [2.24, 2.45) is 0 Å². The number of aliphatic hydroxyl groups is 1. The summed E-state index contributed by atoms with van der Waals surface area (Å²) in [4.78, 5) is 24.1. The van der Waals surface area contributed by atoms with Crippen molar-refractivity contribution in [1.82, 2.24) is 0 Å². The molecular formula is C15H15ClO4. The summed E-state index contributed by atoms with van der Waals surface area (Å²) in [5, 5.41) is 10.8. The normalized spacial score (nSPS) is 18.0. The lowest BCUT2D eigenvalue weighted by Gasteiger charge is -2.24. The van der Waals surface area contributed by atoms with E-state index < -0.39 is 17.7 Å². The molecule has 0 heterocycles. The summed E-state index contributed by atoms with van der Waals surface area (Å²) >= 11 is 5.99. The highest BCUT2D eigenvalue weighted by atomic mass is 35.5. The fraction of sp³-hybridized carbons (Fsp3) is 0.333. The number of carbonyl (C=O) groups excluding carboxylic acids is 2. The molecule has 2 rings (SSSR count). The van der Waals surface area contributed by atoms with Gasteiger partial charge in [-0.05, 0) is 37.1 Å². The van der Waals surface area contributed by atoms with E-state index in [2.05, 4.69) is 0 Å². The van der Waals surface area contributed by atoms with Gasteiger partial charge < -0.3 is 9.84 Å². The Labute approximate surface area is 122 Å². The summed E-state index contributed by atoms with van der Waals surface area (Å²) in [6, 6.07) is 3.33. The van der Waals surface area contributed by atoms with Crippen LogP contribution < -0.4 is 0 Å². The number of ketones is 1. The molecule has 0 saturated carbocycles. The molecule has 5 heteroatoms. The first-order chi connectivity index (χ1) is 9.38. The zero-order valence-electron chi connectivity index (χ0n) is 11.5. The van der Waals surface area contributed by atoms with Crippen molar-refractivity contribution in [1.29, 1.82) is 0 Å². The molecule has 0 saturated heterocycles. The number of Topliss-reactive ketones (excluding diaryl/α,β-unsaturated/α-hetero) is 1. The highest BCUT2D eigenvalue weighted by Crippen LogP contribution is 2.38. The molecule has 1 aliphatic rings. The second kappa shape index (κ2) is 5.29. The van der Waals surface area contributed by atoms with E-state index in [-0.39, 0.29) is 17.9 Å². The van der Waals surface area contributed by atoms with Gasteiger partial charge in [0.1, 0.15) is 11.3 Å². The monoisotopic (exact) mass is 294 g/mol. The number of aryl methyl sites for hydroxylation is 1. The van der Waals surface area contributed by atoms with Crippen LogP contribution in [0.1, 0.15) is 36.5 Å². The van der Waals surface area contributed by atoms with Crippen LogP contribution in [0.25, 0.3) is 5.76 Å². The Bertz CT molecular complexity index is 631. The second-order valence-corrected chi connectivity index (χ2v) is 5.15. The van der Waals surface area contributed by atoms with Crippen LogP contribution >= 0.6 is 11.6 Å². The molecule has 1 aromatic rings. The van der Waals surface area contributed by atoms with Crippen LogP contribution in [0.3, 0.4) is 0 Å². The Hall–Kier alpha value is -1.81. The van der Waals surface area contributed by atoms with E-state index >= 15 is 0 Å². The molecule has 0 radical (unpaired) electrons. The van der Waals surface area contributed by atoms with Crippen LogP contribution in [0.4, 0.5) is 0 Å². The quantitative estimate of drug-likeness (QED) is 0.672. The van der Waals surface area contributed by atoms with Crippen molar-refractivity contribution in [3.05, 3.63) is 39.4 Å². The Morgan fingerprint density at radius 3 is 2.70 bits per heavy atom. The number of fused-ring (bicyclic) bond motifs is 1. The third kappa shape index (κ3) is 2.20. The number of rotatable bonds is 2. The largest absolute Gasteiger partial charge is 0.506 e. The van der Waals surface area contributed by atoms with Crippen LogP contribution in [-0.4, -0.2) is 23.5 Å². The van der Waals surface area contributed by atoms with Crippen molar-refractivity contribution in [3.63, 3.8) is 0 Å². The molecule has 0 amide bonds. The molecule has 1 aliphatic carbocycles. The smallest absolute Gasteiger partial charge is 0.345 e. The Morgan fingerprint density at radius 1 is 1.45 bits per heavy atom. The van der Waals surface area contributed by atoms with Gasteiger partial charge in [-0.25, -0.2) is 4.79 Å². The van der Waals surface area contributed by atoms with Crippen LogP contribution in [-0.2, 0) is 14.3 Å². The first kappa shape index (κ1) is 14.6. The molecule has 106 valence electrons. The Morgan fingerprint density at radius 2 is 2.10 bits per heavy atom. The van der Waals surface area contributed by atoms with Gasteiger partial charge in [0.25, 0.3) is 0 Å². The molecule has 1 aromatic carbocycles.